The van der Waals surface area contributed by atoms with Crippen molar-refractivity contribution in [3.05, 3.63) is 40.4 Å². The van der Waals surface area contributed by atoms with Crippen LogP contribution < -0.4 is 0 Å². The summed E-state index contributed by atoms with van der Waals surface area (Å²) in [7, 11) is 0. The third-order valence-electron chi connectivity index (χ3n) is 1.56. The van der Waals surface area contributed by atoms with Gasteiger partial charge in [0.25, 0.3) is 0 Å². The summed E-state index contributed by atoms with van der Waals surface area (Å²) in [4.78, 5) is 4.38. The quantitative estimate of drug-likeness (QED) is 0.686. The Morgan fingerprint density at radius 2 is 2.25 bits per heavy atom. The van der Waals surface area contributed by atoms with Crippen LogP contribution in [-0.2, 0) is 0 Å². The topological polar surface area (TPSA) is 15.8 Å². The van der Waals surface area contributed by atoms with Crippen molar-refractivity contribution in [1.82, 2.24) is 4.98 Å². The lowest BCUT2D eigenvalue weighted by atomic mass is 10.3. The molecule has 2 aromatic heterocycles. The molecular weight excluding hydrogens is 186 g/mol. The van der Waals surface area contributed by atoms with Crippen LogP contribution in [0.3, 0.4) is 0 Å². The predicted octanol–water partition coefficient (Wildman–Crippen LogP) is 3.47. The molecular formula is C9H7NS2. The van der Waals surface area contributed by atoms with Crippen LogP contribution >= 0.6 is 23.6 Å². The first-order chi connectivity index (χ1) is 5.86. The number of rotatable bonds is 1. The molecule has 1 N–H and O–H groups in total. The molecule has 2 rings (SSSR count). The monoisotopic (exact) mass is 193 g/mol. The molecule has 2 aromatic rings. The molecule has 0 bridgehead atoms. The number of aromatic nitrogens is 1. The molecule has 0 spiro atoms. The Labute approximate surface area is 79.7 Å². The van der Waals surface area contributed by atoms with E-state index < -0.39 is 0 Å². The maximum atomic E-state index is 5.06. The van der Waals surface area contributed by atoms with Gasteiger partial charge in [0.2, 0.25) is 0 Å². The SMILES string of the molecule is S=c1cc[nH]c(-c2cccs2)c1. The Morgan fingerprint density at radius 3 is 2.92 bits per heavy atom. The van der Waals surface area contributed by atoms with Crippen molar-refractivity contribution in [2.24, 2.45) is 0 Å². The van der Waals surface area contributed by atoms with Crippen LogP contribution in [-0.4, -0.2) is 4.98 Å². The molecule has 0 saturated heterocycles. The Hall–Kier alpha value is -0.930. The van der Waals surface area contributed by atoms with Crippen molar-refractivity contribution in [2.75, 3.05) is 0 Å². The number of nitrogens with one attached hydrogen (secondary N) is 1. The fourth-order valence-corrected chi connectivity index (χ4v) is 1.91. The third-order valence-corrected chi connectivity index (χ3v) is 2.72. The highest BCUT2D eigenvalue weighted by atomic mass is 32.1. The number of hydrogen-bond acceptors (Lipinski definition) is 2. The third kappa shape index (κ3) is 1.47. The van der Waals surface area contributed by atoms with Crippen molar-refractivity contribution < 1.29 is 0 Å². The molecule has 3 heteroatoms. The van der Waals surface area contributed by atoms with Crippen LogP contribution in [0.4, 0.5) is 0 Å². The Kier molecular flexibility index (Phi) is 2.06. The zero-order valence-electron chi connectivity index (χ0n) is 6.28. The molecule has 0 atom stereocenters. The van der Waals surface area contributed by atoms with E-state index >= 15 is 0 Å². The summed E-state index contributed by atoms with van der Waals surface area (Å²) in [5.74, 6) is 0. The van der Waals surface area contributed by atoms with E-state index in [2.05, 4.69) is 16.4 Å². The molecule has 0 fully saturated rings. The lowest BCUT2D eigenvalue weighted by molar-refractivity contribution is 1.33. The van der Waals surface area contributed by atoms with Gasteiger partial charge in [-0.2, -0.15) is 0 Å². The zero-order valence-corrected chi connectivity index (χ0v) is 7.91. The first kappa shape index (κ1) is 7.71. The van der Waals surface area contributed by atoms with E-state index in [0.717, 1.165) is 10.2 Å². The highest BCUT2D eigenvalue weighted by Gasteiger charge is 1.96. The van der Waals surface area contributed by atoms with E-state index in [1.54, 1.807) is 11.3 Å². The van der Waals surface area contributed by atoms with Gasteiger partial charge in [0.05, 0.1) is 10.6 Å². The van der Waals surface area contributed by atoms with Gasteiger partial charge in [-0.05, 0) is 23.6 Å². The number of H-pyrrole nitrogens is 1. The molecule has 0 aromatic carbocycles. The minimum atomic E-state index is 0.872. The van der Waals surface area contributed by atoms with Crippen LogP contribution in [0.25, 0.3) is 10.6 Å². The second kappa shape index (κ2) is 3.21. The summed E-state index contributed by atoms with van der Waals surface area (Å²) in [6.07, 6.45) is 1.87. The minimum Gasteiger partial charge on any atom is -0.360 e. The van der Waals surface area contributed by atoms with E-state index in [-0.39, 0.29) is 0 Å². The summed E-state index contributed by atoms with van der Waals surface area (Å²) in [5, 5.41) is 2.05. The van der Waals surface area contributed by atoms with Crippen LogP contribution in [0.1, 0.15) is 0 Å². The summed E-state index contributed by atoms with van der Waals surface area (Å²) in [5.41, 5.74) is 1.09. The van der Waals surface area contributed by atoms with Gasteiger partial charge in [-0.1, -0.05) is 18.3 Å². The predicted molar refractivity (Wildman–Crippen MR) is 54.9 cm³/mol. The molecule has 1 nitrogen and oxygen atoms in total. The summed E-state index contributed by atoms with van der Waals surface area (Å²) < 4.78 is 0.872. The maximum absolute atomic E-state index is 5.06. The van der Waals surface area contributed by atoms with Gasteiger partial charge < -0.3 is 4.98 Å². The maximum Gasteiger partial charge on any atom is 0.0569 e. The van der Waals surface area contributed by atoms with E-state index in [1.165, 1.54) is 4.88 Å². The highest BCUT2D eigenvalue weighted by Crippen LogP contribution is 2.21. The Bertz CT molecular complexity index is 414. The highest BCUT2D eigenvalue weighted by molar-refractivity contribution is 7.71. The molecule has 60 valence electrons. The molecule has 12 heavy (non-hydrogen) atoms. The molecule has 0 aliphatic heterocycles. The van der Waals surface area contributed by atoms with Gasteiger partial charge in [0, 0.05) is 10.7 Å². The lowest BCUT2D eigenvalue weighted by Crippen LogP contribution is -1.77. The molecule has 0 aliphatic rings. The van der Waals surface area contributed by atoms with Crippen molar-refractivity contribution in [3.8, 4) is 10.6 Å². The number of thiophene rings is 1. The molecule has 0 aliphatic carbocycles. The molecule has 0 amide bonds. The summed E-state index contributed by atoms with van der Waals surface area (Å²) in [6, 6.07) is 7.96. The van der Waals surface area contributed by atoms with Crippen LogP contribution in [0.5, 0.6) is 0 Å². The number of hydrogen-bond donors (Lipinski definition) is 1. The van der Waals surface area contributed by atoms with Crippen LogP contribution in [0.15, 0.2) is 35.8 Å². The van der Waals surface area contributed by atoms with Crippen molar-refractivity contribution >= 4 is 23.6 Å². The number of pyridine rings is 1. The second-order valence-corrected chi connectivity index (χ2v) is 3.83. The first-order valence-corrected chi connectivity index (χ1v) is 4.88. The fraction of sp³-hybridized carbons (Fsp3) is 0. The van der Waals surface area contributed by atoms with E-state index in [0.29, 0.717) is 0 Å². The normalized spacial score (nSPS) is 10.0. The van der Waals surface area contributed by atoms with Crippen molar-refractivity contribution in [3.63, 3.8) is 0 Å². The minimum absolute atomic E-state index is 0.872. The standard InChI is InChI=1S/C9H7NS2/c11-7-3-4-10-8(6-7)9-2-1-5-12-9/h1-6H,(H,10,11). The second-order valence-electron chi connectivity index (χ2n) is 2.42. The summed E-state index contributed by atoms with van der Waals surface area (Å²) in [6.45, 7) is 0. The van der Waals surface area contributed by atoms with Crippen LogP contribution in [0, 0.1) is 4.51 Å². The van der Waals surface area contributed by atoms with Crippen molar-refractivity contribution in [1.29, 1.82) is 0 Å². The van der Waals surface area contributed by atoms with Gasteiger partial charge >= 0.3 is 0 Å². The van der Waals surface area contributed by atoms with Gasteiger partial charge in [-0.25, -0.2) is 0 Å². The van der Waals surface area contributed by atoms with Gasteiger partial charge in [-0.15, -0.1) is 11.3 Å². The smallest absolute Gasteiger partial charge is 0.0569 e. The number of aromatic amines is 1. The van der Waals surface area contributed by atoms with Gasteiger partial charge in [-0.3, -0.25) is 0 Å². The van der Waals surface area contributed by atoms with E-state index in [1.807, 2.05) is 24.4 Å². The van der Waals surface area contributed by atoms with Crippen molar-refractivity contribution in [2.45, 2.75) is 0 Å². The average molecular weight is 193 g/mol. The first-order valence-electron chi connectivity index (χ1n) is 3.59. The Balaban J connectivity index is 2.55. The fourth-order valence-electron chi connectivity index (χ4n) is 1.02. The molecule has 0 unspecified atom stereocenters. The van der Waals surface area contributed by atoms with Gasteiger partial charge in [0.1, 0.15) is 0 Å². The molecule has 2 heterocycles. The van der Waals surface area contributed by atoms with Crippen LogP contribution in [0.2, 0.25) is 0 Å². The molecule has 0 saturated carbocycles. The average Bonchev–Trinajstić information content (AvgIpc) is 2.56. The van der Waals surface area contributed by atoms with E-state index in [9.17, 15) is 0 Å². The largest absolute Gasteiger partial charge is 0.360 e. The Morgan fingerprint density at radius 1 is 1.33 bits per heavy atom. The zero-order chi connectivity index (χ0) is 8.39. The van der Waals surface area contributed by atoms with Gasteiger partial charge in [0.15, 0.2) is 0 Å². The molecule has 0 radical (unpaired) electrons. The summed E-state index contributed by atoms with van der Waals surface area (Å²) >= 11 is 6.77. The lowest BCUT2D eigenvalue weighted by Gasteiger charge is -1.95. The van der Waals surface area contributed by atoms with E-state index in [4.69, 9.17) is 12.2 Å².